The predicted molar refractivity (Wildman–Crippen MR) is 135 cm³/mol. The van der Waals surface area contributed by atoms with E-state index in [9.17, 15) is 18.8 Å². The molecule has 0 radical (unpaired) electrons. The van der Waals surface area contributed by atoms with Crippen LogP contribution in [-0.2, 0) is 0 Å². The van der Waals surface area contributed by atoms with Gasteiger partial charge in [0.25, 0.3) is 0 Å². The standard InChI is InChI=1S/C29H29FO7/c1-2-3-4-5-6-7-18-35-22-12-8-20(9-13-22)28(33)36-23-14-10-21(11-15-23)29(34)37-24-16-17-25(27(31)32)26(30)19-24/h8-17,19H,2-7,18H2,1H3,(H,31,32). The first-order valence-electron chi connectivity index (χ1n) is 12.2. The summed E-state index contributed by atoms with van der Waals surface area (Å²) in [5.41, 5.74) is -0.0436. The van der Waals surface area contributed by atoms with E-state index in [0.29, 0.717) is 17.9 Å². The van der Waals surface area contributed by atoms with Crippen LogP contribution in [0.4, 0.5) is 4.39 Å². The summed E-state index contributed by atoms with van der Waals surface area (Å²) in [6, 6.07) is 15.4. The van der Waals surface area contributed by atoms with E-state index in [1.807, 2.05) is 0 Å². The molecule has 0 aliphatic carbocycles. The molecule has 0 aromatic heterocycles. The molecule has 0 aliphatic heterocycles. The van der Waals surface area contributed by atoms with Gasteiger partial charge in [-0.15, -0.1) is 0 Å². The Morgan fingerprint density at radius 2 is 1.22 bits per heavy atom. The molecule has 0 saturated carbocycles. The van der Waals surface area contributed by atoms with Crippen molar-refractivity contribution in [3.8, 4) is 17.2 Å². The molecule has 3 aromatic carbocycles. The molecule has 0 bridgehead atoms. The van der Waals surface area contributed by atoms with Crippen molar-refractivity contribution >= 4 is 17.9 Å². The van der Waals surface area contributed by atoms with Gasteiger partial charge in [-0.25, -0.2) is 18.8 Å². The first-order chi connectivity index (χ1) is 17.9. The second-order valence-corrected chi connectivity index (χ2v) is 8.39. The summed E-state index contributed by atoms with van der Waals surface area (Å²) in [6.07, 6.45) is 7.09. The van der Waals surface area contributed by atoms with Gasteiger partial charge in [0.05, 0.1) is 23.3 Å². The monoisotopic (exact) mass is 508 g/mol. The van der Waals surface area contributed by atoms with Crippen LogP contribution in [0.25, 0.3) is 0 Å². The van der Waals surface area contributed by atoms with Crippen molar-refractivity contribution in [2.24, 2.45) is 0 Å². The minimum atomic E-state index is -1.42. The molecular weight excluding hydrogens is 479 g/mol. The van der Waals surface area contributed by atoms with Crippen molar-refractivity contribution in [3.05, 3.63) is 89.2 Å². The number of hydrogen-bond acceptors (Lipinski definition) is 6. The van der Waals surface area contributed by atoms with Crippen LogP contribution in [-0.4, -0.2) is 29.6 Å². The maximum atomic E-state index is 13.8. The molecule has 0 saturated heterocycles. The first kappa shape index (κ1) is 27.4. The van der Waals surface area contributed by atoms with Gasteiger partial charge in [-0.3, -0.25) is 0 Å². The quantitative estimate of drug-likeness (QED) is 0.156. The fraction of sp³-hybridized carbons (Fsp3) is 0.276. The van der Waals surface area contributed by atoms with Crippen LogP contribution in [0.5, 0.6) is 17.2 Å². The minimum Gasteiger partial charge on any atom is -0.494 e. The van der Waals surface area contributed by atoms with Crippen LogP contribution >= 0.6 is 0 Å². The lowest BCUT2D eigenvalue weighted by Gasteiger charge is -2.08. The maximum Gasteiger partial charge on any atom is 0.343 e. The number of halogens is 1. The summed E-state index contributed by atoms with van der Waals surface area (Å²) in [5, 5.41) is 8.87. The topological polar surface area (TPSA) is 99.1 Å². The number of unbranched alkanes of at least 4 members (excludes halogenated alkanes) is 5. The highest BCUT2D eigenvalue weighted by Gasteiger charge is 2.15. The molecule has 0 aliphatic rings. The van der Waals surface area contributed by atoms with Gasteiger partial charge in [0, 0.05) is 6.07 Å². The van der Waals surface area contributed by atoms with E-state index in [4.69, 9.17) is 19.3 Å². The van der Waals surface area contributed by atoms with Crippen LogP contribution in [0, 0.1) is 5.82 Å². The fourth-order valence-electron chi connectivity index (χ4n) is 3.48. The summed E-state index contributed by atoms with van der Waals surface area (Å²) < 4.78 is 29.9. The number of esters is 2. The summed E-state index contributed by atoms with van der Waals surface area (Å²) in [6.45, 7) is 2.82. The van der Waals surface area contributed by atoms with Crippen molar-refractivity contribution in [3.63, 3.8) is 0 Å². The number of carbonyl (C=O) groups excluding carboxylic acids is 2. The van der Waals surface area contributed by atoms with Crippen LogP contribution in [0.15, 0.2) is 66.7 Å². The summed E-state index contributed by atoms with van der Waals surface area (Å²) in [7, 11) is 0. The van der Waals surface area contributed by atoms with Crippen molar-refractivity contribution in [1.82, 2.24) is 0 Å². The lowest BCUT2D eigenvalue weighted by atomic mass is 10.1. The van der Waals surface area contributed by atoms with Gasteiger partial charge in [0.1, 0.15) is 23.1 Å². The van der Waals surface area contributed by atoms with E-state index in [1.54, 1.807) is 24.3 Å². The fourth-order valence-corrected chi connectivity index (χ4v) is 3.48. The SMILES string of the molecule is CCCCCCCCOc1ccc(C(=O)Oc2ccc(C(=O)Oc3ccc(C(=O)O)c(F)c3)cc2)cc1. The Labute approximate surface area is 214 Å². The highest BCUT2D eigenvalue weighted by molar-refractivity contribution is 5.93. The van der Waals surface area contributed by atoms with Crippen molar-refractivity contribution in [2.45, 2.75) is 45.4 Å². The van der Waals surface area contributed by atoms with E-state index in [0.717, 1.165) is 25.0 Å². The molecule has 0 unspecified atom stereocenters. The van der Waals surface area contributed by atoms with E-state index >= 15 is 0 Å². The van der Waals surface area contributed by atoms with Gasteiger partial charge in [-0.1, -0.05) is 39.0 Å². The van der Waals surface area contributed by atoms with Crippen molar-refractivity contribution < 1.29 is 38.1 Å². The smallest absolute Gasteiger partial charge is 0.343 e. The molecular formula is C29H29FO7. The summed E-state index contributed by atoms with van der Waals surface area (Å²) in [5.74, 6) is -3.01. The van der Waals surface area contributed by atoms with E-state index < -0.39 is 29.3 Å². The summed E-state index contributed by atoms with van der Waals surface area (Å²) >= 11 is 0. The van der Waals surface area contributed by atoms with E-state index in [-0.39, 0.29) is 17.1 Å². The molecule has 0 amide bonds. The van der Waals surface area contributed by atoms with Crippen molar-refractivity contribution in [1.29, 1.82) is 0 Å². The molecule has 0 atom stereocenters. The first-order valence-corrected chi connectivity index (χ1v) is 12.2. The molecule has 3 rings (SSSR count). The number of carboxylic acid groups (broad SMARTS) is 1. The molecule has 7 nitrogen and oxygen atoms in total. The lowest BCUT2D eigenvalue weighted by molar-refractivity contribution is 0.0689. The van der Waals surface area contributed by atoms with Crippen LogP contribution in [0.3, 0.4) is 0 Å². The molecule has 0 heterocycles. The van der Waals surface area contributed by atoms with E-state index in [2.05, 4.69) is 6.92 Å². The molecule has 194 valence electrons. The van der Waals surface area contributed by atoms with Crippen LogP contribution in [0.1, 0.15) is 76.5 Å². The maximum absolute atomic E-state index is 13.8. The summed E-state index contributed by atoms with van der Waals surface area (Å²) in [4.78, 5) is 35.6. The number of carbonyl (C=O) groups is 3. The van der Waals surface area contributed by atoms with Crippen LogP contribution in [0.2, 0.25) is 0 Å². The number of hydrogen-bond donors (Lipinski definition) is 1. The normalized spacial score (nSPS) is 10.5. The molecule has 0 fully saturated rings. The number of aromatic carboxylic acids is 1. The van der Waals surface area contributed by atoms with Crippen LogP contribution < -0.4 is 14.2 Å². The highest BCUT2D eigenvalue weighted by atomic mass is 19.1. The Hall–Kier alpha value is -4.20. The largest absolute Gasteiger partial charge is 0.494 e. The third-order valence-corrected chi connectivity index (χ3v) is 5.54. The number of benzene rings is 3. The Morgan fingerprint density at radius 1 is 0.703 bits per heavy atom. The third kappa shape index (κ3) is 8.45. The van der Waals surface area contributed by atoms with Gasteiger partial charge < -0.3 is 19.3 Å². The zero-order valence-corrected chi connectivity index (χ0v) is 20.6. The second kappa shape index (κ2) is 13.8. The van der Waals surface area contributed by atoms with Gasteiger partial charge in [-0.2, -0.15) is 0 Å². The Morgan fingerprint density at radius 3 is 1.78 bits per heavy atom. The average molecular weight is 509 g/mol. The zero-order valence-electron chi connectivity index (χ0n) is 20.6. The third-order valence-electron chi connectivity index (χ3n) is 5.54. The van der Waals surface area contributed by atoms with Gasteiger partial charge >= 0.3 is 17.9 Å². The Kier molecular flexibility index (Phi) is 10.2. The molecule has 1 N–H and O–H groups in total. The van der Waals surface area contributed by atoms with Gasteiger partial charge in [-0.05, 0) is 67.1 Å². The van der Waals surface area contributed by atoms with Gasteiger partial charge in [0.15, 0.2) is 0 Å². The number of carboxylic acids is 1. The van der Waals surface area contributed by atoms with Gasteiger partial charge in [0.2, 0.25) is 0 Å². The molecule has 37 heavy (non-hydrogen) atoms. The minimum absolute atomic E-state index is 0.134. The average Bonchev–Trinajstić information content (AvgIpc) is 2.88. The predicted octanol–water partition coefficient (Wildman–Crippen LogP) is 6.70. The number of rotatable bonds is 13. The Balaban J connectivity index is 1.47. The van der Waals surface area contributed by atoms with E-state index in [1.165, 1.54) is 56.0 Å². The highest BCUT2D eigenvalue weighted by Crippen LogP contribution is 2.20. The van der Waals surface area contributed by atoms with Crippen molar-refractivity contribution in [2.75, 3.05) is 6.61 Å². The molecule has 3 aromatic rings. The second-order valence-electron chi connectivity index (χ2n) is 8.39. The molecule has 8 heteroatoms. The molecule has 0 spiro atoms. The zero-order chi connectivity index (χ0) is 26.6. The number of ether oxygens (including phenoxy) is 3. The Bertz CT molecular complexity index is 1200. The lowest BCUT2D eigenvalue weighted by Crippen LogP contribution is -2.11.